The van der Waals surface area contributed by atoms with Crippen LogP contribution in [-0.2, 0) is 24.0 Å². The van der Waals surface area contributed by atoms with E-state index in [4.69, 9.17) is 20.3 Å². The van der Waals surface area contributed by atoms with Crippen molar-refractivity contribution in [2.24, 2.45) is 5.14 Å². The lowest BCUT2D eigenvalue weighted by molar-refractivity contribution is -0.0532. The highest BCUT2D eigenvalue weighted by Gasteiger charge is 2.46. The number of hydrogen-bond acceptors (Lipinski definition) is 12. The summed E-state index contributed by atoms with van der Waals surface area (Å²) >= 11 is 1.46. The Labute approximate surface area is 175 Å². The van der Waals surface area contributed by atoms with E-state index in [1.165, 1.54) is 22.8 Å². The van der Waals surface area contributed by atoms with Crippen LogP contribution in [0.2, 0.25) is 0 Å². The number of nitrogens with zero attached hydrogens (tertiary/aromatic N) is 4. The Hall–Kier alpha value is -1.59. The number of nitrogen functional groups attached to an aromatic ring is 1. The Morgan fingerprint density at radius 3 is 2.80 bits per heavy atom. The third-order valence-electron chi connectivity index (χ3n) is 5.03. The Bertz CT molecular complexity index is 1030. The fraction of sp³-hybridized carbons (Fsp3) is 0.667. The van der Waals surface area contributed by atoms with Crippen LogP contribution >= 0.6 is 11.8 Å². The van der Waals surface area contributed by atoms with Gasteiger partial charge in [0.2, 0.25) is 0 Å². The second-order valence-corrected chi connectivity index (χ2v) is 9.50. The molecule has 0 aliphatic carbocycles. The summed E-state index contributed by atoms with van der Waals surface area (Å²) in [7, 11) is -4.24. The molecule has 0 spiro atoms. The molecule has 0 amide bonds. The summed E-state index contributed by atoms with van der Waals surface area (Å²) in [6.45, 7) is 2.05. The predicted molar refractivity (Wildman–Crippen MR) is 104 cm³/mol. The van der Waals surface area contributed by atoms with E-state index in [2.05, 4.69) is 19.2 Å². The first kappa shape index (κ1) is 21.6. The average Bonchev–Trinajstić information content (AvgIpc) is 3.32. The molecule has 2 unspecified atom stereocenters. The first-order valence-electron chi connectivity index (χ1n) is 9.11. The van der Waals surface area contributed by atoms with E-state index in [0.717, 1.165) is 6.42 Å². The van der Waals surface area contributed by atoms with Crippen molar-refractivity contribution in [2.45, 2.75) is 54.3 Å². The summed E-state index contributed by atoms with van der Waals surface area (Å²) in [5.41, 5.74) is 6.37. The summed E-state index contributed by atoms with van der Waals surface area (Å²) in [5.74, 6) is 0.211. The van der Waals surface area contributed by atoms with Crippen molar-refractivity contribution in [1.82, 2.24) is 19.7 Å². The lowest BCUT2D eigenvalue weighted by atomic mass is 10.1. The summed E-state index contributed by atoms with van der Waals surface area (Å²) in [5, 5.41) is 31.3. The van der Waals surface area contributed by atoms with Crippen LogP contribution in [0.25, 0.3) is 11.0 Å². The Morgan fingerprint density at radius 1 is 1.37 bits per heavy atom. The summed E-state index contributed by atoms with van der Waals surface area (Å²) in [4.78, 5) is 8.24. The Kier molecular flexibility index (Phi) is 5.88. The minimum atomic E-state index is -4.24. The van der Waals surface area contributed by atoms with E-state index in [1.54, 1.807) is 0 Å². The lowest BCUT2D eigenvalue weighted by Crippen LogP contribution is -2.35. The zero-order valence-electron chi connectivity index (χ0n) is 15.9. The molecule has 30 heavy (non-hydrogen) atoms. The average molecular weight is 463 g/mol. The monoisotopic (exact) mass is 462 g/mol. The number of hydrogen-bond donors (Lipinski definition) is 4. The van der Waals surface area contributed by atoms with Gasteiger partial charge in [-0.2, -0.15) is 13.5 Å². The zero-order valence-corrected chi connectivity index (χ0v) is 17.5. The number of ether oxygens (including phenoxy) is 2. The van der Waals surface area contributed by atoms with Crippen molar-refractivity contribution in [2.75, 3.05) is 18.9 Å². The second-order valence-electron chi connectivity index (χ2n) is 7.05. The maximum Gasteiger partial charge on any atom is 0.333 e. The molecular formula is C15H22N6O7S2. The van der Waals surface area contributed by atoms with Crippen molar-refractivity contribution in [3.63, 3.8) is 0 Å². The largest absolute Gasteiger partial charge is 0.387 e. The molecule has 15 heteroatoms. The van der Waals surface area contributed by atoms with E-state index in [-0.39, 0.29) is 17.2 Å². The maximum atomic E-state index is 11.0. The van der Waals surface area contributed by atoms with Crippen LogP contribution in [0.4, 0.5) is 5.82 Å². The molecule has 2 aliphatic heterocycles. The molecule has 166 valence electrons. The third-order valence-corrected chi connectivity index (χ3v) is 6.93. The van der Waals surface area contributed by atoms with E-state index in [0.29, 0.717) is 22.7 Å². The molecule has 2 aliphatic rings. The van der Waals surface area contributed by atoms with Gasteiger partial charge in [-0.05, 0) is 13.3 Å². The van der Waals surface area contributed by atoms with Gasteiger partial charge in [-0.15, -0.1) is 0 Å². The number of fused-ring (bicyclic) bond motifs is 1. The molecule has 4 heterocycles. The fourth-order valence-electron chi connectivity index (χ4n) is 3.46. The van der Waals surface area contributed by atoms with Crippen molar-refractivity contribution in [1.29, 1.82) is 0 Å². The van der Waals surface area contributed by atoms with Gasteiger partial charge in [0.1, 0.15) is 35.5 Å². The summed E-state index contributed by atoms with van der Waals surface area (Å²) in [6.07, 6.45) is -3.05. The van der Waals surface area contributed by atoms with E-state index in [1.807, 2.05) is 6.92 Å². The van der Waals surface area contributed by atoms with E-state index in [9.17, 15) is 18.6 Å². The molecule has 2 aromatic rings. The van der Waals surface area contributed by atoms with Gasteiger partial charge in [0, 0.05) is 11.9 Å². The third kappa shape index (κ3) is 4.11. The second kappa shape index (κ2) is 8.16. The molecule has 2 fully saturated rings. The highest BCUT2D eigenvalue weighted by Crippen LogP contribution is 2.39. The maximum absolute atomic E-state index is 11.0. The van der Waals surface area contributed by atoms with Crippen LogP contribution < -0.4 is 10.9 Å². The first-order chi connectivity index (χ1) is 14.2. The molecule has 0 saturated carbocycles. The number of nitrogens with two attached hydrogens (primary N) is 2. The quantitative estimate of drug-likeness (QED) is 0.389. The standard InChI is InChI=1S/C15H22N6O7S2/c1-6-8(2-3-26-6)29-14-9-12(16)18-5-19-13(9)21(20-14)15-11(23)10(22)7(28-15)4-27-30(17,24)25/h5-8,10-11,15,22-23H,2-4H2,1H3,(H2,16,18,19)(H2,17,24,25)/t6?,7-,8?,10-,11-,15-/m1/s1. The molecule has 4 rings (SSSR count). The number of thioether (sulfide) groups is 1. The van der Waals surface area contributed by atoms with Crippen molar-refractivity contribution >= 4 is 38.9 Å². The van der Waals surface area contributed by atoms with Crippen molar-refractivity contribution < 1.29 is 32.3 Å². The number of aromatic nitrogens is 4. The van der Waals surface area contributed by atoms with Crippen LogP contribution in [0.15, 0.2) is 11.4 Å². The minimum Gasteiger partial charge on any atom is -0.387 e. The summed E-state index contributed by atoms with van der Waals surface area (Å²) < 4.78 is 39.1. The molecular weight excluding hydrogens is 440 g/mol. The molecule has 13 nitrogen and oxygen atoms in total. The topological polar surface area (TPSA) is 198 Å². The van der Waals surface area contributed by atoms with Gasteiger partial charge in [0.25, 0.3) is 0 Å². The van der Waals surface area contributed by atoms with Crippen molar-refractivity contribution in [3.8, 4) is 0 Å². The fourth-order valence-corrected chi connectivity index (χ4v) is 5.01. The van der Waals surface area contributed by atoms with Crippen LogP contribution in [0.3, 0.4) is 0 Å². The predicted octanol–water partition coefficient (Wildman–Crippen LogP) is -1.48. The Balaban J connectivity index is 1.66. The number of rotatable bonds is 6. The zero-order chi connectivity index (χ0) is 21.6. The highest BCUT2D eigenvalue weighted by molar-refractivity contribution is 8.00. The van der Waals surface area contributed by atoms with E-state index < -0.39 is 41.5 Å². The van der Waals surface area contributed by atoms with Crippen LogP contribution in [0.5, 0.6) is 0 Å². The Morgan fingerprint density at radius 2 is 2.13 bits per heavy atom. The minimum absolute atomic E-state index is 0.0240. The van der Waals surface area contributed by atoms with Crippen LogP contribution in [0, 0.1) is 0 Å². The number of aliphatic hydroxyl groups is 2. The van der Waals surface area contributed by atoms with Crippen LogP contribution in [-0.4, -0.2) is 81.3 Å². The molecule has 6 atom stereocenters. The molecule has 0 radical (unpaired) electrons. The van der Waals surface area contributed by atoms with Gasteiger partial charge in [-0.25, -0.2) is 19.8 Å². The van der Waals surface area contributed by atoms with Gasteiger partial charge >= 0.3 is 10.3 Å². The normalized spacial score (nSPS) is 32.3. The van der Waals surface area contributed by atoms with Gasteiger partial charge in [-0.3, -0.25) is 4.18 Å². The van der Waals surface area contributed by atoms with Gasteiger partial charge in [0.05, 0.1) is 18.1 Å². The van der Waals surface area contributed by atoms with Crippen molar-refractivity contribution in [3.05, 3.63) is 6.33 Å². The van der Waals surface area contributed by atoms with Gasteiger partial charge < -0.3 is 25.4 Å². The van der Waals surface area contributed by atoms with Gasteiger partial charge in [0.15, 0.2) is 11.9 Å². The van der Waals surface area contributed by atoms with E-state index >= 15 is 0 Å². The lowest BCUT2D eigenvalue weighted by Gasteiger charge is -2.15. The smallest absolute Gasteiger partial charge is 0.333 e. The SMILES string of the molecule is CC1OCCC1Sc1nn([C@@H]2O[C@H](COS(N)(=O)=O)[C@@H](O)[C@H]2O)c2ncnc(N)c12. The first-order valence-corrected chi connectivity index (χ1v) is 11.5. The molecule has 2 saturated heterocycles. The van der Waals surface area contributed by atoms with Gasteiger partial charge in [-0.1, -0.05) is 11.8 Å². The van der Waals surface area contributed by atoms with Crippen LogP contribution in [0.1, 0.15) is 19.6 Å². The molecule has 2 aromatic heterocycles. The summed E-state index contributed by atoms with van der Waals surface area (Å²) in [6, 6.07) is 0. The highest BCUT2D eigenvalue weighted by atomic mass is 32.2. The number of anilines is 1. The molecule has 0 bridgehead atoms. The number of aliphatic hydroxyl groups excluding tert-OH is 2. The molecule has 0 aromatic carbocycles. The molecule has 6 N–H and O–H groups in total.